The van der Waals surface area contributed by atoms with Crippen LogP contribution in [0.2, 0.25) is 0 Å². The van der Waals surface area contributed by atoms with E-state index < -0.39 is 0 Å². The maximum absolute atomic E-state index is 2.46. The maximum Gasteiger partial charge on any atom is 0.105 e. The smallest absolute Gasteiger partial charge is 0.105 e. The fraction of sp³-hybridized carbons (Fsp3) is 0.500. The molecule has 0 unspecified atom stereocenters. The minimum absolute atomic E-state index is 1.06. The second-order valence-corrected chi connectivity index (χ2v) is 12.3. The van der Waals surface area contributed by atoms with Crippen molar-refractivity contribution in [2.24, 2.45) is 0 Å². The predicted molar refractivity (Wildman–Crippen MR) is 180 cm³/mol. The highest BCUT2D eigenvalue weighted by Crippen LogP contribution is 2.25. The van der Waals surface area contributed by atoms with Crippen molar-refractivity contribution in [1.82, 2.24) is 0 Å². The lowest BCUT2D eigenvalue weighted by Gasteiger charge is -2.39. The molecule has 0 spiro atoms. The van der Waals surface area contributed by atoms with E-state index in [1.807, 2.05) is 0 Å². The molecule has 0 saturated carbocycles. The fourth-order valence-corrected chi connectivity index (χ4v) is 6.20. The molecule has 0 N–H and O–H groups in total. The molecule has 0 atom stereocenters. The van der Waals surface area contributed by atoms with Gasteiger partial charge >= 0.3 is 0 Å². The number of quaternary nitrogens is 1. The van der Waals surface area contributed by atoms with E-state index in [-0.39, 0.29) is 0 Å². The third kappa shape index (κ3) is 14.7. The Labute approximate surface area is 253 Å². The molecule has 0 radical (unpaired) electrons. The molecule has 41 heavy (non-hydrogen) atoms. The van der Waals surface area contributed by atoms with E-state index in [0.717, 1.165) is 24.1 Å². The van der Waals surface area contributed by atoms with Crippen molar-refractivity contribution >= 4 is 0 Å². The monoisotopic (exact) mass is 552 g/mol. The van der Waals surface area contributed by atoms with Gasteiger partial charge in [0.05, 0.1) is 6.54 Å². The van der Waals surface area contributed by atoms with Gasteiger partial charge in [0.1, 0.15) is 19.6 Å². The van der Waals surface area contributed by atoms with E-state index in [1.165, 1.54) is 120 Å². The van der Waals surface area contributed by atoms with Crippen LogP contribution < -0.4 is 0 Å². The van der Waals surface area contributed by atoms with E-state index >= 15 is 0 Å². The summed E-state index contributed by atoms with van der Waals surface area (Å²) in [5, 5.41) is 0. The number of hydrogen-bond acceptors (Lipinski definition) is 0. The SMILES string of the molecule is CCCCCCCCCCCCCC/C=C/CCC[N+](Cc1ccccc1)(Cc1ccccc1)Cc1ccccc1. The molecule has 0 heterocycles. The molecule has 0 bridgehead atoms. The van der Waals surface area contributed by atoms with Crippen LogP contribution in [0.1, 0.15) is 120 Å². The van der Waals surface area contributed by atoms with Crippen molar-refractivity contribution in [2.75, 3.05) is 6.54 Å². The highest BCUT2D eigenvalue weighted by atomic mass is 15.3. The predicted octanol–water partition coefficient (Wildman–Crippen LogP) is 11.8. The Morgan fingerprint density at radius 1 is 0.415 bits per heavy atom. The van der Waals surface area contributed by atoms with Gasteiger partial charge in [0.25, 0.3) is 0 Å². The lowest BCUT2D eigenvalue weighted by Crippen LogP contribution is -2.46. The van der Waals surface area contributed by atoms with Gasteiger partial charge in [-0.2, -0.15) is 0 Å². The zero-order valence-corrected chi connectivity index (χ0v) is 26.2. The Morgan fingerprint density at radius 3 is 1.15 bits per heavy atom. The Hall–Kier alpha value is -2.64. The van der Waals surface area contributed by atoms with Crippen molar-refractivity contribution < 1.29 is 4.48 Å². The van der Waals surface area contributed by atoms with Crippen LogP contribution in [0.4, 0.5) is 0 Å². The second-order valence-electron chi connectivity index (χ2n) is 12.3. The van der Waals surface area contributed by atoms with Crippen molar-refractivity contribution in [3.8, 4) is 0 Å². The first kappa shape index (κ1) is 32.9. The van der Waals surface area contributed by atoms with Gasteiger partial charge in [0.15, 0.2) is 0 Å². The summed E-state index contributed by atoms with van der Waals surface area (Å²) in [4.78, 5) is 0. The van der Waals surface area contributed by atoms with Crippen LogP contribution >= 0.6 is 0 Å². The van der Waals surface area contributed by atoms with E-state index in [9.17, 15) is 0 Å². The first-order chi connectivity index (χ1) is 20.3. The fourth-order valence-electron chi connectivity index (χ4n) is 6.20. The lowest BCUT2D eigenvalue weighted by molar-refractivity contribution is -0.966. The zero-order chi connectivity index (χ0) is 28.7. The Morgan fingerprint density at radius 2 is 0.756 bits per heavy atom. The summed E-state index contributed by atoms with van der Waals surface area (Å²) in [6, 6.07) is 33.3. The van der Waals surface area contributed by atoms with Gasteiger partial charge < -0.3 is 4.48 Å². The number of allylic oxidation sites excluding steroid dienone is 2. The third-order valence-electron chi connectivity index (χ3n) is 8.48. The van der Waals surface area contributed by atoms with Crippen LogP contribution in [0.15, 0.2) is 103 Å². The molecule has 0 fully saturated rings. The molecule has 1 heteroatoms. The first-order valence-electron chi connectivity index (χ1n) is 16.9. The Kier molecular flexibility index (Phi) is 16.9. The van der Waals surface area contributed by atoms with Gasteiger partial charge in [-0.15, -0.1) is 0 Å². The third-order valence-corrected chi connectivity index (χ3v) is 8.48. The average Bonchev–Trinajstić information content (AvgIpc) is 3.00. The molecule has 1 nitrogen and oxygen atoms in total. The number of unbranched alkanes of at least 4 members (excludes halogenated alkanes) is 13. The molecular weight excluding hydrogens is 494 g/mol. The van der Waals surface area contributed by atoms with E-state index in [0.29, 0.717) is 0 Å². The van der Waals surface area contributed by atoms with Crippen LogP contribution in [-0.2, 0) is 19.6 Å². The molecule has 0 aromatic heterocycles. The molecule has 0 aliphatic heterocycles. The Bertz CT molecular complexity index is 923. The minimum Gasteiger partial charge on any atom is -0.312 e. The highest BCUT2D eigenvalue weighted by Gasteiger charge is 2.28. The normalized spacial score (nSPS) is 11.8. The van der Waals surface area contributed by atoms with Gasteiger partial charge in [0.2, 0.25) is 0 Å². The first-order valence-corrected chi connectivity index (χ1v) is 16.9. The molecule has 3 aromatic carbocycles. The van der Waals surface area contributed by atoms with Gasteiger partial charge in [-0.3, -0.25) is 0 Å². The van der Waals surface area contributed by atoms with Crippen molar-refractivity contribution in [2.45, 2.75) is 123 Å². The summed E-state index contributed by atoms with van der Waals surface area (Å²) >= 11 is 0. The molecule has 0 amide bonds. The van der Waals surface area contributed by atoms with Gasteiger partial charge in [-0.1, -0.05) is 181 Å². The van der Waals surface area contributed by atoms with Gasteiger partial charge in [0, 0.05) is 23.1 Å². The summed E-state index contributed by atoms with van der Waals surface area (Å²) < 4.78 is 1.06. The van der Waals surface area contributed by atoms with Crippen LogP contribution in [0, 0.1) is 0 Å². The van der Waals surface area contributed by atoms with Crippen molar-refractivity contribution in [1.29, 1.82) is 0 Å². The molecule has 222 valence electrons. The number of rotatable bonds is 23. The summed E-state index contributed by atoms with van der Waals surface area (Å²) in [5.74, 6) is 0. The topological polar surface area (TPSA) is 0 Å². The summed E-state index contributed by atoms with van der Waals surface area (Å²) in [5.41, 5.74) is 4.30. The summed E-state index contributed by atoms with van der Waals surface area (Å²) in [6.07, 6.45) is 25.6. The summed E-state index contributed by atoms with van der Waals surface area (Å²) in [6.45, 7) is 6.67. The molecular formula is C40H58N+. The van der Waals surface area contributed by atoms with Crippen molar-refractivity contribution in [3.63, 3.8) is 0 Å². The van der Waals surface area contributed by atoms with Gasteiger partial charge in [-0.25, -0.2) is 0 Å². The number of hydrogen-bond donors (Lipinski definition) is 0. The quantitative estimate of drug-likeness (QED) is 0.0623. The minimum atomic E-state index is 1.06. The summed E-state index contributed by atoms with van der Waals surface area (Å²) in [7, 11) is 0. The highest BCUT2D eigenvalue weighted by molar-refractivity contribution is 5.17. The maximum atomic E-state index is 2.46. The molecule has 0 aliphatic carbocycles. The molecule has 0 saturated heterocycles. The molecule has 3 aromatic rings. The Balaban J connectivity index is 1.43. The van der Waals surface area contributed by atoms with E-state index in [2.05, 4.69) is 110 Å². The molecule has 0 aliphatic rings. The van der Waals surface area contributed by atoms with Gasteiger partial charge in [-0.05, 0) is 19.3 Å². The number of benzene rings is 3. The number of nitrogens with zero attached hydrogens (tertiary/aromatic N) is 1. The van der Waals surface area contributed by atoms with Crippen LogP contribution in [0.25, 0.3) is 0 Å². The lowest BCUT2D eigenvalue weighted by atomic mass is 10.0. The van der Waals surface area contributed by atoms with Crippen LogP contribution in [0.5, 0.6) is 0 Å². The van der Waals surface area contributed by atoms with Crippen LogP contribution in [-0.4, -0.2) is 11.0 Å². The largest absolute Gasteiger partial charge is 0.312 e. The molecule has 3 rings (SSSR count). The van der Waals surface area contributed by atoms with E-state index in [4.69, 9.17) is 0 Å². The van der Waals surface area contributed by atoms with E-state index in [1.54, 1.807) is 0 Å². The van der Waals surface area contributed by atoms with Crippen LogP contribution in [0.3, 0.4) is 0 Å². The average molecular weight is 553 g/mol. The second kappa shape index (κ2) is 21.1. The van der Waals surface area contributed by atoms with Crippen molar-refractivity contribution in [3.05, 3.63) is 120 Å². The standard InChI is InChI=1S/C40H58N/c1-2-3-4-5-6-7-8-9-10-11-12-13-14-15-16-17-27-34-41(35-38-28-21-18-22-29-38,36-39-30-23-19-24-31-39)37-40-32-25-20-26-33-40/h15-16,18-26,28-33H,2-14,17,27,34-37H2,1H3/q+1/b16-15+. The zero-order valence-electron chi connectivity index (χ0n) is 26.2.